The summed E-state index contributed by atoms with van der Waals surface area (Å²) in [5.74, 6) is 0. The fourth-order valence-corrected chi connectivity index (χ4v) is 9.67. The summed E-state index contributed by atoms with van der Waals surface area (Å²) < 4.78 is 2.35. The Morgan fingerprint density at radius 2 is 0.882 bits per heavy atom. The molecule has 0 saturated carbocycles. The van der Waals surface area contributed by atoms with Crippen LogP contribution in [-0.4, -0.2) is 15.3 Å². The predicted octanol–water partition coefficient (Wildman–Crippen LogP) is 15.9. The number of fused-ring (bicyclic) bond motifs is 4. The van der Waals surface area contributed by atoms with Gasteiger partial charge in [-0.05, 0) is 93.6 Å². The standard InChI is InChI=1S/C64H44N4/c65-63(47-24-11-4-12-25-47)62(46-22-9-3-10-23-46)64-56-39-50(32-33-51(56)40-59(67-64)44-20-7-2-8-21-44)48-26-17-27-49(38-48)52-41-57(43-18-5-1-6-19-43)66-58(42-52)45-34-36-53(37-35-45)68-60-30-15-13-28-54(60)55-29-14-16-31-61(55)68/h1-42,65,67H/b64-62-,65-63?. The normalized spacial score (nSPS) is 12.9. The highest BCUT2D eigenvalue weighted by Crippen LogP contribution is 2.40. The molecule has 0 unspecified atom stereocenters. The number of para-hydroxylation sites is 2. The predicted molar refractivity (Wildman–Crippen MR) is 284 cm³/mol. The van der Waals surface area contributed by atoms with E-state index < -0.39 is 0 Å². The third-order valence-electron chi connectivity index (χ3n) is 13.0. The second kappa shape index (κ2) is 17.4. The van der Waals surface area contributed by atoms with Crippen LogP contribution in [0.2, 0.25) is 0 Å². The van der Waals surface area contributed by atoms with Gasteiger partial charge < -0.3 is 9.88 Å². The average Bonchev–Trinajstić information content (AvgIpc) is 3.76. The van der Waals surface area contributed by atoms with Gasteiger partial charge in [0.25, 0.3) is 0 Å². The topological polar surface area (TPSA) is 53.7 Å². The second-order valence-corrected chi connectivity index (χ2v) is 17.2. The van der Waals surface area contributed by atoms with E-state index in [1.807, 2.05) is 60.7 Å². The molecule has 2 N–H and O–H groups in total. The van der Waals surface area contributed by atoms with Gasteiger partial charge in [-0.15, -0.1) is 0 Å². The fourth-order valence-electron chi connectivity index (χ4n) is 9.67. The molecule has 0 fully saturated rings. The average molecular weight is 869 g/mol. The monoisotopic (exact) mass is 868 g/mol. The van der Waals surface area contributed by atoms with Gasteiger partial charge in [0.1, 0.15) is 0 Å². The van der Waals surface area contributed by atoms with Crippen molar-refractivity contribution in [2.24, 2.45) is 0 Å². The molecular formula is C64H44N4. The molecule has 320 valence electrons. The number of allylic oxidation sites excluding steroid dienone is 1. The van der Waals surface area contributed by atoms with E-state index in [4.69, 9.17) is 4.98 Å². The third-order valence-corrected chi connectivity index (χ3v) is 13.0. The number of aromatic nitrogens is 2. The Balaban J connectivity index is 0.971. The molecule has 0 saturated heterocycles. The van der Waals surface area contributed by atoms with Crippen LogP contribution in [0.3, 0.4) is 0 Å². The summed E-state index contributed by atoms with van der Waals surface area (Å²) in [5, 5.41) is 16.1. The first kappa shape index (κ1) is 40.4. The van der Waals surface area contributed by atoms with Gasteiger partial charge >= 0.3 is 0 Å². The van der Waals surface area contributed by atoms with E-state index in [-0.39, 0.29) is 0 Å². The summed E-state index contributed by atoms with van der Waals surface area (Å²) in [5.41, 5.74) is 20.0. The van der Waals surface area contributed by atoms with Gasteiger partial charge in [-0.1, -0.05) is 200 Å². The first-order chi connectivity index (χ1) is 33.6. The SMILES string of the molecule is N=C(/C(=C1\NC(c2ccccc2)=Cc2ccc(-c3cccc(-c4cc(-c5ccccc5)nc(-c5ccc(-n6c7ccccc7c7ccccc76)cc5)c4)c3)cc21)c1ccccc1)c1ccccc1. The van der Waals surface area contributed by atoms with Crippen molar-refractivity contribution in [1.82, 2.24) is 14.9 Å². The number of benzene rings is 9. The van der Waals surface area contributed by atoms with Crippen LogP contribution >= 0.6 is 0 Å². The molecule has 12 rings (SSSR count). The molecule has 1 aliphatic rings. The molecular weight excluding hydrogens is 825 g/mol. The van der Waals surface area contributed by atoms with Crippen molar-refractivity contribution in [3.8, 4) is 50.5 Å². The highest BCUT2D eigenvalue weighted by atomic mass is 15.0. The number of nitrogens with zero attached hydrogens (tertiary/aromatic N) is 2. The van der Waals surface area contributed by atoms with E-state index in [0.717, 1.165) is 95.2 Å². The van der Waals surface area contributed by atoms with Crippen molar-refractivity contribution >= 4 is 50.6 Å². The molecule has 0 spiro atoms. The van der Waals surface area contributed by atoms with Gasteiger partial charge in [0.15, 0.2) is 0 Å². The van der Waals surface area contributed by atoms with Gasteiger partial charge in [0, 0.05) is 50.0 Å². The van der Waals surface area contributed by atoms with Crippen LogP contribution in [0.25, 0.3) is 95.3 Å². The minimum atomic E-state index is 0.455. The zero-order valence-electron chi connectivity index (χ0n) is 37.1. The second-order valence-electron chi connectivity index (χ2n) is 17.2. The lowest BCUT2D eigenvalue weighted by Gasteiger charge is -2.27. The van der Waals surface area contributed by atoms with Gasteiger partial charge in [-0.25, -0.2) is 4.98 Å². The largest absolute Gasteiger partial charge is 0.354 e. The molecule has 0 atom stereocenters. The zero-order valence-corrected chi connectivity index (χ0v) is 37.1. The smallest absolute Gasteiger partial charge is 0.0715 e. The van der Waals surface area contributed by atoms with Crippen LogP contribution in [0.15, 0.2) is 249 Å². The zero-order chi connectivity index (χ0) is 45.4. The minimum absolute atomic E-state index is 0.455. The number of hydrogen-bond donors (Lipinski definition) is 2. The van der Waals surface area contributed by atoms with Crippen molar-refractivity contribution in [2.45, 2.75) is 0 Å². The summed E-state index contributed by atoms with van der Waals surface area (Å²) in [7, 11) is 0. The summed E-state index contributed by atoms with van der Waals surface area (Å²) in [6.45, 7) is 0. The molecule has 3 heterocycles. The molecule has 11 aromatic rings. The molecule has 4 nitrogen and oxygen atoms in total. The Hall–Kier alpha value is -9.12. The van der Waals surface area contributed by atoms with Crippen molar-refractivity contribution in [1.29, 1.82) is 5.41 Å². The molecule has 0 aliphatic carbocycles. The highest BCUT2D eigenvalue weighted by Gasteiger charge is 2.25. The minimum Gasteiger partial charge on any atom is -0.354 e. The van der Waals surface area contributed by atoms with Crippen molar-refractivity contribution in [3.05, 3.63) is 277 Å². The van der Waals surface area contributed by atoms with E-state index in [1.54, 1.807) is 0 Å². The molecule has 9 aromatic carbocycles. The van der Waals surface area contributed by atoms with E-state index in [0.29, 0.717) is 5.71 Å². The van der Waals surface area contributed by atoms with Crippen molar-refractivity contribution in [2.75, 3.05) is 0 Å². The maximum absolute atomic E-state index is 9.75. The summed E-state index contributed by atoms with van der Waals surface area (Å²) in [6, 6.07) is 87.2. The highest BCUT2D eigenvalue weighted by molar-refractivity contribution is 6.36. The van der Waals surface area contributed by atoms with Crippen molar-refractivity contribution in [3.63, 3.8) is 0 Å². The fraction of sp³-hybridized carbons (Fsp3) is 0. The lowest BCUT2D eigenvalue weighted by atomic mass is 9.86. The summed E-state index contributed by atoms with van der Waals surface area (Å²) >= 11 is 0. The first-order valence-electron chi connectivity index (χ1n) is 23.0. The van der Waals surface area contributed by atoms with E-state index >= 15 is 0 Å². The van der Waals surface area contributed by atoms with Crippen LogP contribution in [0.1, 0.15) is 27.8 Å². The van der Waals surface area contributed by atoms with Crippen LogP contribution in [-0.2, 0) is 0 Å². The maximum Gasteiger partial charge on any atom is 0.0715 e. The first-order valence-corrected chi connectivity index (χ1v) is 23.0. The summed E-state index contributed by atoms with van der Waals surface area (Å²) in [4.78, 5) is 5.29. The molecule has 0 bridgehead atoms. The third kappa shape index (κ3) is 7.50. The Labute approximate surface area is 396 Å². The van der Waals surface area contributed by atoms with Crippen molar-refractivity contribution < 1.29 is 0 Å². The lowest BCUT2D eigenvalue weighted by Crippen LogP contribution is -2.20. The Kier molecular flexibility index (Phi) is 10.3. The maximum atomic E-state index is 9.75. The molecule has 2 aromatic heterocycles. The molecule has 1 aliphatic heterocycles. The number of hydrogen-bond acceptors (Lipinski definition) is 3. The van der Waals surface area contributed by atoms with Gasteiger partial charge in [-0.2, -0.15) is 0 Å². The Bertz CT molecular complexity index is 3680. The number of nitrogens with one attached hydrogen (secondary N) is 2. The van der Waals surface area contributed by atoms with Crippen LogP contribution in [0.5, 0.6) is 0 Å². The molecule has 0 radical (unpaired) electrons. The molecule has 4 heteroatoms. The van der Waals surface area contributed by atoms with E-state index in [1.165, 1.54) is 21.8 Å². The van der Waals surface area contributed by atoms with Gasteiger partial charge in [0.2, 0.25) is 0 Å². The van der Waals surface area contributed by atoms with E-state index in [9.17, 15) is 5.41 Å². The van der Waals surface area contributed by atoms with Crippen LogP contribution < -0.4 is 5.32 Å². The quantitative estimate of drug-likeness (QED) is 0.142. The van der Waals surface area contributed by atoms with E-state index in [2.05, 4.69) is 204 Å². The van der Waals surface area contributed by atoms with Gasteiger partial charge in [0.05, 0.1) is 33.8 Å². The Morgan fingerprint density at radius 1 is 0.397 bits per heavy atom. The van der Waals surface area contributed by atoms with Crippen LogP contribution in [0, 0.1) is 5.41 Å². The number of rotatable bonds is 9. The lowest BCUT2D eigenvalue weighted by molar-refractivity contribution is 1.18. The summed E-state index contributed by atoms with van der Waals surface area (Å²) in [6.07, 6.45) is 2.22. The van der Waals surface area contributed by atoms with Crippen LogP contribution in [0.4, 0.5) is 0 Å². The molecule has 0 amide bonds. The molecule has 68 heavy (non-hydrogen) atoms. The number of pyridine rings is 1. The Morgan fingerprint density at radius 3 is 1.51 bits per heavy atom. The van der Waals surface area contributed by atoms with Gasteiger partial charge in [-0.3, -0.25) is 5.41 Å².